The second kappa shape index (κ2) is 5.69. The van der Waals surface area contributed by atoms with E-state index in [4.69, 9.17) is 0 Å². The van der Waals surface area contributed by atoms with Gasteiger partial charge in [0.25, 0.3) is 0 Å². The van der Waals surface area contributed by atoms with Crippen molar-refractivity contribution in [3.8, 4) is 0 Å². The minimum absolute atomic E-state index is 0.200. The molecule has 1 N–H and O–H groups in total. The molecule has 1 heterocycles. The number of alkyl halides is 1. The van der Waals surface area contributed by atoms with Gasteiger partial charge in [0.05, 0.1) is 0 Å². The Morgan fingerprint density at radius 1 is 1.16 bits per heavy atom. The monoisotopic (exact) mass is 270 g/mol. The van der Waals surface area contributed by atoms with E-state index in [-0.39, 0.29) is 5.54 Å². The fourth-order valence-corrected chi connectivity index (χ4v) is 3.59. The van der Waals surface area contributed by atoms with Gasteiger partial charge in [-0.2, -0.15) is 0 Å². The predicted molar refractivity (Wildman–Crippen MR) is 79.3 cm³/mol. The van der Waals surface area contributed by atoms with Gasteiger partial charge in [-0.1, -0.05) is 6.42 Å². The van der Waals surface area contributed by atoms with E-state index in [9.17, 15) is 4.39 Å². The molecule has 0 bridgehead atoms. The van der Waals surface area contributed by atoms with E-state index in [1.165, 1.54) is 25.7 Å². The molecule has 0 aromatic heterocycles. The molecule has 2 rings (SSSR count). The summed E-state index contributed by atoms with van der Waals surface area (Å²) in [5, 5.41) is 3.74. The molecule has 2 aliphatic rings. The Morgan fingerprint density at radius 3 is 2.37 bits per heavy atom. The van der Waals surface area contributed by atoms with Gasteiger partial charge >= 0.3 is 0 Å². The van der Waals surface area contributed by atoms with E-state index in [0.29, 0.717) is 24.9 Å². The molecule has 1 aliphatic carbocycles. The molecule has 19 heavy (non-hydrogen) atoms. The van der Waals surface area contributed by atoms with Gasteiger partial charge in [0, 0.05) is 30.7 Å². The van der Waals surface area contributed by atoms with Crippen molar-refractivity contribution in [1.29, 1.82) is 0 Å². The number of hydrogen-bond donors (Lipinski definition) is 1. The van der Waals surface area contributed by atoms with Gasteiger partial charge in [0.1, 0.15) is 5.67 Å². The summed E-state index contributed by atoms with van der Waals surface area (Å²) in [6, 6.07) is 1.31. The highest BCUT2D eigenvalue weighted by molar-refractivity contribution is 4.91. The zero-order valence-electron chi connectivity index (χ0n) is 13.1. The molecule has 2 nitrogen and oxygen atoms in total. The van der Waals surface area contributed by atoms with Crippen LogP contribution in [0.1, 0.15) is 66.2 Å². The first-order chi connectivity index (χ1) is 8.75. The molecule has 0 aromatic carbocycles. The van der Waals surface area contributed by atoms with Crippen LogP contribution in [0.15, 0.2) is 0 Å². The van der Waals surface area contributed by atoms with Gasteiger partial charge in [0.15, 0.2) is 0 Å². The van der Waals surface area contributed by atoms with Gasteiger partial charge in [-0.15, -0.1) is 0 Å². The molecule has 3 heteroatoms. The van der Waals surface area contributed by atoms with Crippen molar-refractivity contribution in [2.45, 2.75) is 89.5 Å². The van der Waals surface area contributed by atoms with Crippen molar-refractivity contribution in [3.05, 3.63) is 0 Å². The van der Waals surface area contributed by atoms with E-state index in [0.717, 1.165) is 13.1 Å². The Morgan fingerprint density at radius 2 is 1.79 bits per heavy atom. The van der Waals surface area contributed by atoms with Crippen LogP contribution in [0.25, 0.3) is 0 Å². The summed E-state index contributed by atoms with van der Waals surface area (Å²) in [6.45, 7) is 10.4. The van der Waals surface area contributed by atoms with Gasteiger partial charge in [-0.3, -0.25) is 0 Å². The first-order valence-electron chi connectivity index (χ1n) is 7.96. The van der Waals surface area contributed by atoms with E-state index >= 15 is 0 Å². The highest BCUT2D eigenvalue weighted by Gasteiger charge is 2.34. The summed E-state index contributed by atoms with van der Waals surface area (Å²) >= 11 is 0. The van der Waals surface area contributed by atoms with Crippen molar-refractivity contribution in [2.24, 2.45) is 0 Å². The van der Waals surface area contributed by atoms with Crippen LogP contribution < -0.4 is 5.32 Å². The second-order valence-electron chi connectivity index (χ2n) is 7.86. The summed E-state index contributed by atoms with van der Waals surface area (Å²) < 4.78 is 13.9. The normalized spacial score (nSPS) is 33.3. The number of halogens is 1. The molecule has 1 aliphatic heterocycles. The van der Waals surface area contributed by atoms with Gasteiger partial charge in [-0.25, -0.2) is 4.39 Å². The lowest BCUT2D eigenvalue weighted by Crippen LogP contribution is -2.52. The third-order valence-corrected chi connectivity index (χ3v) is 4.64. The van der Waals surface area contributed by atoms with Crippen LogP contribution in [-0.4, -0.2) is 41.3 Å². The van der Waals surface area contributed by atoms with E-state index in [1.807, 2.05) is 0 Å². The Bertz CT molecular complexity index is 286. The molecule has 0 aromatic rings. The minimum Gasteiger partial charge on any atom is -0.309 e. The van der Waals surface area contributed by atoms with Crippen LogP contribution in [0.2, 0.25) is 0 Å². The number of rotatable bonds is 2. The summed E-state index contributed by atoms with van der Waals surface area (Å²) in [4.78, 5) is 2.54. The molecule has 1 saturated heterocycles. The van der Waals surface area contributed by atoms with Gasteiger partial charge in [0.2, 0.25) is 0 Å². The van der Waals surface area contributed by atoms with Crippen LogP contribution in [0.4, 0.5) is 4.39 Å². The van der Waals surface area contributed by atoms with Gasteiger partial charge < -0.3 is 10.2 Å². The summed E-state index contributed by atoms with van der Waals surface area (Å²) in [5.41, 5.74) is -0.722. The van der Waals surface area contributed by atoms with Crippen LogP contribution in [0, 0.1) is 0 Å². The average Bonchev–Trinajstić information content (AvgIpc) is 2.27. The predicted octanol–water partition coefficient (Wildman–Crippen LogP) is 3.51. The lowest BCUT2D eigenvalue weighted by Gasteiger charge is -2.43. The number of hydrogen-bond acceptors (Lipinski definition) is 2. The third kappa shape index (κ3) is 4.71. The van der Waals surface area contributed by atoms with Crippen molar-refractivity contribution in [1.82, 2.24) is 10.2 Å². The Kier molecular flexibility index (Phi) is 4.56. The van der Waals surface area contributed by atoms with E-state index < -0.39 is 5.67 Å². The summed E-state index contributed by atoms with van der Waals surface area (Å²) in [5.74, 6) is 0. The largest absolute Gasteiger partial charge is 0.309 e. The molecule has 0 amide bonds. The van der Waals surface area contributed by atoms with Crippen molar-refractivity contribution in [2.75, 3.05) is 13.1 Å². The lowest BCUT2D eigenvalue weighted by molar-refractivity contribution is 0.0355. The fraction of sp³-hybridized carbons (Fsp3) is 1.00. The average molecular weight is 270 g/mol. The highest BCUT2D eigenvalue weighted by Crippen LogP contribution is 2.31. The highest BCUT2D eigenvalue weighted by atomic mass is 19.1. The van der Waals surface area contributed by atoms with Gasteiger partial charge in [-0.05, 0) is 59.8 Å². The fourth-order valence-electron chi connectivity index (χ4n) is 3.59. The Labute approximate surface area is 118 Å². The lowest BCUT2D eigenvalue weighted by atomic mass is 9.86. The Hall–Kier alpha value is -0.150. The van der Waals surface area contributed by atoms with E-state index in [1.54, 1.807) is 6.92 Å². The molecular formula is C16H31FN2. The molecular weight excluding hydrogens is 239 g/mol. The van der Waals surface area contributed by atoms with Crippen molar-refractivity contribution >= 4 is 0 Å². The first-order valence-corrected chi connectivity index (χ1v) is 7.96. The summed E-state index contributed by atoms with van der Waals surface area (Å²) in [7, 11) is 0. The standard InChI is InChI=1S/C16H31FN2/c1-15(2,3)18-13-6-5-7-14(12-13)19-10-8-16(4,17)9-11-19/h13-14,18H,5-12H2,1-4H3/t13-,14-/m1/s1. The molecule has 0 radical (unpaired) electrons. The smallest absolute Gasteiger partial charge is 0.110 e. The Balaban J connectivity index is 1.84. The molecule has 2 atom stereocenters. The quantitative estimate of drug-likeness (QED) is 0.826. The third-order valence-electron chi connectivity index (χ3n) is 4.64. The molecule has 0 unspecified atom stereocenters. The van der Waals surface area contributed by atoms with Crippen LogP contribution in [0.5, 0.6) is 0 Å². The molecule has 1 saturated carbocycles. The minimum atomic E-state index is -0.922. The molecule has 2 fully saturated rings. The van der Waals surface area contributed by atoms with Crippen LogP contribution in [-0.2, 0) is 0 Å². The number of piperidine rings is 1. The topological polar surface area (TPSA) is 15.3 Å². The van der Waals surface area contributed by atoms with Crippen LogP contribution >= 0.6 is 0 Å². The molecule has 0 spiro atoms. The zero-order valence-corrected chi connectivity index (χ0v) is 13.1. The van der Waals surface area contributed by atoms with Crippen LogP contribution in [0.3, 0.4) is 0 Å². The summed E-state index contributed by atoms with van der Waals surface area (Å²) in [6.07, 6.45) is 6.55. The second-order valence-corrected chi connectivity index (χ2v) is 7.86. The SMILES string of the molecule is CC1(F)CCN([C@@H]2CCC[C@@H](NC(C)(C)C)C2)CC1. The first kappa shape index (κ1) is 15.2. The number of nitrogens with zero attached hydrogens (tertiary/aromatic N) is 1. The maximum atomic E-state index is 13.9. The van der Waals surface area contributed by atoms with Crippen molar-refractivity contribution < 1.29 is 4.39 Å². The maximum Gasteiger partial charge on any atom is 0.110 e. The number of nitrogens with one attached hydrogen (secondary N) is 1. The number of likely N-dealkylation sites (tertiary alicyclic amines) is 1. The van der Waals surface area contributed by atoms with E-state index in [2.05, 4.69) is 31.0 Å². The maximum absolute atomic E-state index is 13.9. The zero-order chi connectivity index (χ0) is 14.1. The van der Waals surface area contributed by atoms with Crippen molar-refractivity contribution in [3.63, 3.8) is 0 Å². The molecule has 112 valence electrons.